The first kappa shape index (κ1) is 14.2. The van der Waals surface area contributed by atoms with Gasteiger partial charge in [-0.25, -0.2) is 4.98 Å². The molecule has 0 bridgehead atoms. The summed E-state index contributed by atoms with van der Waals surface area (Å²) in [6, 6.07) is 4.56. The molecular weight excluding hydrogens is 254 g/mol. The largest absolute Gasteiger partial charge is 0.314 e. The first-order valence-corrected chi connectivity index (χ1v) is 7.56. The minimum Gasteiger partial charge on any atom is -0.314 e. The Morgan fingerprint density at radius 3 is 2.74 bits per heavy atom. The summed E-state index contributed by atoms with van der Waals surface area (Å²) in [5.74, 6) is 0. The van der Waals surface area contributed by atoms with Gasteiger partial charge in [0.05, 0.1) is 10.7 Å². The summed E-state index contributed by atoms with van der Waals surface area (Å²) in [5, 5.41) is 4.77. The molecule has 1 unspecified atom stereocenters. The molecule has 0 saturated heterocycles. The van der Waals surface area contributed by atoms with E-state index in [0.29, 0.717) is 6.04 Å². The summed E-state index contributed by atoms with van der Waals surface area (Å²) < 4.78 is 0. The summed E-state index contributed by atoms with van der Waals surface area (Å²) in [6.07, 6.45) is 5.75. The van der Waals surface area contributed by atoms with Crippen molar-refractivity contribution in [1.29, 1.82) is 0 Å². The van der Waals surface area contributed by atoms with Crippen LogP contribution >= 0.6 is 11.3 Å². The van der Waals surface area contributed by atoms with Gasteiger partial charge in [0.1, 0.15) is 0 Å². The fourth-order valence-electron chi connectivity index (χ4n) is 2.15. The van der Waals surface area contributed by atoms with Crippen LogP contribution < -0.4 is 5.32 Å². The Morgan fingerprint density at radius 2 is 2.16 bits per heavy atom. The number of nitrogens with one attached hydrogen (secondary N) is 1. The van der Waals surface area contributed by atoms with Crippen LogP contribution in [-0.2, 0) is 12.8 Å². The highest BCUT2D eigenvalue weighted by Crippen LogP contribution is 2.18. The molecule has 0 aromatic carbocycles. The fraction of sp³-hybridized carbons (Fsp3) is 0.467. The summed E-state index contributed by atoms with van der Waals surface area (Å²) in [5.41, 5.74) is 2.44. The Hall–Kier alpha value is -1.26. The minimum atomic E-state index is 0.430. The lowest BCUT2D eigenvalue weighted by molar-refractivity contribution is 0.519. The Bertz CT molecular complexity index is 488. The van der Waals surface area contributed by atoms with Crippen LogP contribution in [0.5, 0.6) is 0 Å². The number of hydrogen-bond donors (Lipinski definition) is 1. The molecule has 2 aromatic heterocycles. The minimum absolute atomic E-state index is 0.430. The first-order chi connectivity index (χ1) is 9.19. The van der Waals surface area contributed by atoms with E-state index in [9.17, 15) is 0 Å². The van der Waals surface area contributed by atoms with Crippen molar-refractivity contribution in [3.05, 3.63) is 45.7 Å². The first-order valence-electron chi connectivity index (χ1n) is 6.74. The summed E-state index contributed by atoms with van der Waals surface area (Å²) in [7, 11) is 0. The molecular formula is C15H21N3S. The van der Waals surface area contributed by atoms with Crippen molar-refractivity contribution >= 4 is 11.3 Å². The van der Waals surface area contributed by atoms with Gasteiger partial charge in [0.15, 0.2) is 0 Å². The van der Waals surface area contributed by atoms with Crippen LogP contribution in [0.3, 0.4) is 0 Å². The van der Waals surface area contributed by atoms with Crippen LogP contribution in [0.25, 0.3) is 0 Å². The summed E-state index contributed by atoms with van der Waals surface area (Å²) in [6.45, 7) is 7.35. The van der Waals surface area contributed by atoms with Crippen LogP contribution in [0.15, 0.2) is 24.5 Å². The highest BCUT2D eigenvalue weighted by Gasteiger charge is 2.13. The maximum Gasteiger partial charge on any atom is 0.0946 e. The van der Waals surface area contributed by atoms with Gasteiger partial charge in [-0.2, -0.15) is 0 Å². The highest BCUT2D eigenvalue weighted by molar-refractivity contribution is 7.11. The van der Waals surface area contributed by atoms with Crippen LogP contribution in [0.1, 0.15) is 28.1 Å². The molecule has 0 amide bonds. The predicted molar refractivity (Wildman–Crippen MR) is 80.7 cm³/mol. The molecule has 0 saturated carbocycles. The second-order valence-electron chi connectivity index (χ2n) is 4.77. The molecule has 1 atom stereocenters. The number of aryl methyl sites for hydroxylation is 2. The van der Waals surface area contributed by atoms with Crippen molar-refractivity contribution < 1.29 is 0 Å². The monoisotopic (exact) mass is 275 g/mol. The van der Waals surface area contributed by atoms with Crippen LogP contribution in [0.2, 0.25) is 0 Å². The number of aromatic nitrogens is 2. The standard InChI is InChI=1S/C15H21N3S/c1-4-17-14(8-13-6-5-7-16-10-13)9-15-18-11(2)12(3)19-15/h5-7,10,14,17H,4,8-9H2,1-3H3. The fourth-order valence-corrected chi connectivity index (χ4v) is 3.16. The van der Waals surface area contributed by atoms with Gasteiger partial charge >= 0.3 is 0 Å². The van der Waals surface area contributed by atoms with Gasteiger partial charge in [0.2, 0.25) is 0 Å². The summed E-state index contributed by atoms with van der Waals surface area (Å²) in [4.78, 5) is 10.1. The van der Waals surface area contributed by atoms with Gasteiger partial charge in [-0.05, 0) is 38.4 Å². The lowest BCUT2D eigenvalue weighted by Gasteiger charge is -2.16. The number of hydrogen-bond acceptors (Lipinski definition) is 4. The van der Waals surface area contributed by atoms with E-state index < -0.39 is 0 Å². The third-order valence-corrected chi connectivity index (χ3v) is 4.29. The second-order valence-corrected chi connectivity index (χ2v) is 6.06. The molecule has 2 rings (SSSR count). The van der Waals surface area contributed by atoms with Crippen molar-refractivity contribution in [2.24, 2.45) is 0 Å². The molecule has 0 aliphatic carbocycles. The molecule has 1 N–H and O–H groups in total. The quantitative estimate of drug-likeness (QED) is 0.881. The molecule has 0 spiro atoms. The Balaban J connectivity index is 2.03. The zero-order valence-electron chi connectivity index (χ0n) is 11.8. The Labute approximate surface area is 119 Å². The van der Waals surface area contributed by atoms with E-state index in [1.54, 1.807) is 0 Å². The maximum atomic E-state index is 4.64. The average molecular weight is 275 g/mol. The normalized spacial score (nSPS) is 12.6. The van der Waals surface area contributed by atoms with Crippen molar-refractivity contribution in [2.75, 3.05) is 6.54 Å². The van der Waals surface area contributed by atoms with Crippen molar-refractivity contribution in [3.63, 3.8) is 0 Å². The van der Waals surface area contributed by atoms with E-state index in [1.165, 1.54) is 15.4 Å². The number of rotatable bonds is 6. The molecule has 0 aliphatic rings. The van der Waals surface area contributed by atoms with Crippen molar-refractivity contribution in [3.8, 4) is 0 Å². The number of thiazole rings is 1. The predicted octanol–water partition coefficient (Wildman–Crippen LogP) is 2.92. The molecule has 2 aromatic rings. The molecule has 102 valence electrons. The van der Waals surface area contributed by atoms with E-state index >= 15 is 0 Å². The zero-order chi connectivity index (χ0) is 13.7. The second kappa shape index (κ2) is 6.78. The van der Waals surface area contributed by atoms with Gasteiger partial charge in [0.25, 0.3) is 0 Å². The van der Waals surface area contributed by atoms with Gasteiger partial charge in [0, 0.05) is 29.7 Å². The lowest BCUT2D eigenvalue weighted by atomic mass is 10.1. The van der Waals surface area contributed by atoms with E-state index in [1.807, 2.05) is 29.8 Å². The zero-order valence-corrected chi connectivity index (χ0v) is 12.6. The van der Waals surface area contributed by atoms with Gasteiger partial charge < -0.3 is 5.32 Å². The number of likely N-dealkylation sites (N-methyl/N-ethyl adjacent to an activating group) is 1. The molecule has 0 aliphatic heterocycles. The van der Waals surface area contributed by atoms with E-state index in [0.717, 1.165) is 25.1 Å². The Morgan fingerprint density at radius 1 is 1.32 bits per heavy atom. The van der Waals surface area contributed by atoms with E-state index in [4.69, 9.17) is 0 Å². The van der Waals surface area contributed by atoms with Crippen molar-refractivity contribution in [2.45, 2.75) is 39.7 Å². The average Bonchev–Trinajstić information content (AvgIpc) is 2.70. The van der Waals surface area contributed by atoms with Gasteiger partial charge in [-0.15, -0.1) is 11.3 Å². The topological polar surface area (TPSA) is 37.8 Å². The van der Waals surface area contributed by atoms with Crippen LogP contribution in [0.4, 0.5) is 0 Å². The van der Waals surface area contributed by atoms with Crippen LogP contribution in [-0.4, -0.2) is 22.6 Å². The Kier molecular flexibility index (Phi) is 5.05. The van der Waals surface area contributed by atoms with E-state index in [-0.39, 0.29) is 0 Å². The number of pyridine rings is 1. The summed E-state index contributed by atoms with van der Waals surface area (Å²) >= 11 is 1.81. The molecule has 19 heavy (non-hydrogen) atoms. The van der Waals surface area contributed by atoms with Gasteiger partial charge in [-0.1, -0.05) is 13.0 Å². The molecule has 0 radical (unpaired) electrons. The van der Waals surface area contributed by atoms with E-state index in [2.05, 4.69) is 42.1 Å². The van der Waals surface area contributed by atoms with Crippen LogP contribution in [0, 0.1) is 13.8 Å². The number of nitrogens with zero attached hydrogens (tertiary/aromatic N) is 2. The molecule has 2 heterocycles. The molecule has 3 nitrogen and oxygen atoms in total. The lowest BCUT2D eigenvalue weighted by Crippen LogP contribution is -2.33. The molecule has 0 fully saturated rings. The van der Waals surface area contributed by atoms with Crippen molar-refractivity contribution in [1.82, 2.24) is 15.3 Å². The smallest absolute Gasteiger partial charge is 0.0946 e. The van der Waals surface area contributed by atoms with Gasteiger partial charge in [-0.3, -0.25) is 4.98 Å². The SMILES string of the molecule is CCNC(Cc1cccnc1)Cc1nc(C)c(C)s1. The third kappa shape index (κ3) is 4.11. The maximum absolute atomic E-state index is 4.64. The third-order valence-electron chi connectivity index (χ3n) is 3.19. The molecule has 4 heteroatoms. The highest BCUT2D eigenvalue weighted by atomic mass is 32.1.